The van der Waals surface area contributed by atoms with Crippen molar-refractivity contribution in [3.8, 4) is 0 Å². The molecule has 1 fully saturated rings. The second-order valence-electron chi connectivity index (χ2n) is 4.22. The predicted octanol–water partition coefficient (Wildman–Crippen LogP) is 1.09. The van der Waals surface area contributed by atoms with Gasteiger partial charge in [0.05, 0.1) is 0 Å². The number of aliphatic hydroxyl groups is 1. The van der Waals surface area contributed by atoms with Gasteiger partial charge in [-0.25, -0.2) is 4.39 Å². The Hall–Kier alpha value is -1.26. The molecule has 0 spiro atoms. The van der Waals surface area contributed by atoms with Crippen LogP contribution in [0.4, 0.5) is 4.39 Å². The van der Waals surface area contributed by atoms with Crippen LogP contribution >= 0.6 is 0 Å². The number of rotatable bonds is 1. The van der Waals surface area contributed by atoms with Gasteiger partial charge in [-0.15, -0.1) is 0 Å². The average Bonchev–Trinajstić information content (AvgIpc) is 2.26. The lowest BCUT2D eigenvalue weighted by Crippen LogP contribution is -2.53. The minimum Gasteiger partial charge on any atom is -0.385 e. The molecule has 3 nitrogen and oxygen atoms in total. The van der Waals surface area contributed by atoms with Gasteiger partial charge in [-0.1, -0.05) is 18.2 Å². The number of hydrogen-bond donors (Lipinski definition) is 2. The van der Waals surface area contributed by atoms with E-state index in [1.54, 1.807) is 12.1 Å². The molecule has 2 atom stereocenters. The minimum atomic E-state index is -1.37. The van der Waals surface area contributed by atoms with Crippen LogP contribution < -0.4 is 5.73 Å². The summed E-state index contributed by atoms with van der Waals surface area (Å²) < 4.78 is 13.6. The number of ketones is 1. The number of aliphatic hydroxyl groups excluding tert-OH is 1. The molecule has 0 bridgehead atoms. The molecule has 1 aliphatic rings. The molecular weight excluding hydrogens is 209 g/mol. The standard InChI is InChI=1S/C12H14FNO2/c13-9-5-2-1-4-8(9)12(14)7-3-6-10(15)11(12)16/h1-2,4-5,10,15H,3,6-7,14H2/t10-,12-/m0/s1. The predicted molar refractivity (Wildman–Crippen MR) is 57.1 cm³/mol. The van der Waals surface area contributed by atoms with Gasteiger partial charge in [0.25, 0.3) is 0 Å². The second kappa shape index (κ2) is 3.96. The van der Waals surface area contributed by atoms with E-state index in [0.29, 0.717) is 19.3 Å². The van der Waals surface area contributed by atoms with Crippen LogP contribution in [0.2, 0.25) is 0 Å². The van der Waals surface area contributed by atoms with Crippen molar-refractivity contribution in [2.45, 2.75) is 30.9 Å². The fraction of sp³-hybridized carbons (Fsp3) is 0.417. The SMILES string of the molecule is N[C@]1(c2ccccc2F)CCC[C@H](O)C1=O. The molecule has 4 heteroatoms. The zero-order valence-corrected chi connectivity index (χ0v) is 8.82. The normalized spacial score (nSPS) is 30.4. The fourth-order valence-electron chi connectivity index (χ4n) is 2.22. The zero-order valence-electron chi connectivity index (χ0n) is 8.82. The first-order valence-electron chi connectivity index (χ1n) is 5.32. The van der Waals surface area contributed by atoms with Crippen LogP contribution in [0.15, 0.2) is 24.3 Å². The molecule has 2 rings (SSSR count). The Morgan fingerprint density at radius 3 is 2.81 bits per heavy atom. The van der Waals surface area contributed by atoms with Crippen LogP contribution in [-0.4, -0.2) is 17.0 Å². The summed E-state index contributed by atoms with van der Waals surface area (Å²) in [6.45, 7) is 0. The molecule has 3 N–H and O–H groups in total. The van der Waals surface area contributed by atoms with Gasteiger partial charge in [-0.2, -0.15) is 0 Å². The topological polar surface area (TPSA) is 63.3 Å². The van der Waals surface area contributed by atoms with Gasteiger partial charge < -0.3 is 10.8 Å². The minimum absolute atomic E-state index is 0.179. The number of Topliss-reactive ketones (excluding diaryl/α,β-unsaturated/α-hetero) is 1. The highest BCUT2D eigenvalue weighted by Crippen LogP contribution is 2.33. The van der Waals surface area contributed by atoms with Crippen LogP contribution in [0.5, 0.6) is 0 Å². The number of benzene rings is 1. The maximum atomic E-state index is 13.6. The summed E-state index contributed by atoms with van der Waals surface area (Å²) in [6.07, 6.45) is 0.340. The molecule has 0 saturated heterocycles. The van der Waals surface area contributed by atoms with E-state index in [4.69, 9.17) is 5.73 Å². The Bertz CT molecular complexity index is 421. The lowest BCUT2D eigenvalue weighted by molar-refractivity contribution is -0.136. The Labute approximate surface area is 93.1 Å². The Balaban J connectivity index is 2.45. The van der Waals surface area contributed by atoms with Crippen LogP contribution in [0.3, 0.4) is 0 Å². The van der Waals surface area contributed by atoms with E-state index in [9.17, 15) is 14.3 Å². The first-order valence-corrected chi connectivity index (χ1v) is 5.32. The van der Waals surface area contributed by atoms with E-state index in [1.165, 1.54) is 12.1 Å². The lowest BCUT2D eigenvalue weighted by Gasteiger charge is -2.34. The third kappa shape index (κ3) is 1.64. The van der Waals surface area contributed by atoms with Crippen LogP contribution in [0, 0.1) is 5.82 Å². The van der Waals surface area contributed by atoms with E-state index in [1.807, 2.05) is 0 Å². The maximum Gasteiger partial charge on any atom is 0.185 e. The third-order valence-corrected chi connectivity index (χ3v) is 3.15. The van der Waals surface area contributed by atoms with Crippen LogP contribution in [-0.2, 0) is 10.3 Å². The average molecular weight is 223 g/mol. The summed E-state index contributed by atoms with van der Waals surface area (Å²) in [4.78, 5) is 11.9. The molecule has 1 saturated carbocycles. The summed E-state index contributed by atoms with van der Waals surface area (Å²) in [5.41, 5.74) is 4.77. The molecule has 1 aliphatic carbocycles. The van der Waals surface area contributed by atoms with Gasteiger partial charge >= 0.3 is 0 Å². The van der Waals surface area contributed by atoms with Gasteiger partial charge in [0.15, 0.2) is 5.78 Å². The van der Waals surface area contributed by atoms with Crippen molar-refractivity contribution < 1.29 is 14.3 Å². The molecule has 0 aliphatic heterocycles. The first kappa shape index (κ1) is 11.2. The van der Waals surface area contributed by atoms with Crippen molar-refractivity contribution >= 4 is 5.78 Å². The van der Waals surface area contributed by atoms with E-state index in [2.05, 4.69) is 0 Å². The maximum absolute atomic E-state index is 13.6. The molecule has 86 valence electrons. The molecule has 0 amide bonds. The lowest BCUT2D eigenvalue weighted by atomic mass is 9.75. The summed E-state index contributed by atoms with van der Waals surface area (Å²) in [5.74, 6) is -0.976. The highest BCUT2D eigenvalue weighted by atomic mass is 19.1. The van der Waals surface area contributed by atoms with Crippen LogP contribution in [0.25, 0.3) is 0 Å². The van der Waals surface area contributed by atoms with Gasteiger partial charge in [0.2, 0.25) is 0 Å². The van der Waals surface area contributed by atoms with Crippen molar-refractivity contribution in [2.75, 3.05) is 0 Å². The molecule has 0 aromatic heterocycles. The van der Waals surface area contributed by atoms with Crippen molar-refractivity contribution in [3.05, 3.63) is 35.6 Å². The Morgan fingerprint density at radius 1 is 1.44 bits per heavy atom. The van der Waals surface area contributed by atoms with E-state index in [0.717, 1.165) is 0 Å². The molecular formula is C12H14FNO2. The smallest absolute Gasteiger partial charge is 0.185 e. The Morgan fingerprint density at radius 2 is 2.12 bits per heavy atom. The molecule has 16 heavy (non-hydrogen) atoms. The van der Waals surface area contributed by atoms with Crippen molar-refractivity contribution in [1.82, 2.24) is 0 Å². The molecule has 0 heterocycles. The summed E-state index contributed by atoms with van der Waals surface area (Å²) in [5, 5.41) is 9.51. The second-order valence-corrected chi connectivity index (χ2v) is 4.22. The van der Waals surface area contributed by atoms with Crippen molar-refractivity contribution in [1.29, 1.82) is 0 Å². The van der Waals surface area contributed by atoms with Gasteiger partial charge in [-0.3, -0.25) is 4.79 Å². The van der Waals surface area contributed by atoms with Gasteiger partial charge in [0.1, 0.15) is 17.5 Å². The molecule has 0 unspecified atom stereocenters. The highest BCUT2D eigenvalue weighted by Gasteiger charge is 2.43. The van der Waals surface area contributed by atoms with E-state index < -0.39 is 23.2 Å². The van der Waals surface area contributed by atoms with Crippen molar-refractivity contribution in [2.24, 2.45) is 5.73 Å². The monoisotopic (exact) mass is 223 g/mol. The van der Waals surface area contributed by atoms with Gasteiger partial charge in [0, 0.05) is 5.56 Å². The van der Waals surface area contributed by atoms with Crippen molar-refractivity contribution in [3.63, 3.8) is 0 Å². The van der Waals surface area contributed by atoms with E-state index >= 15 is 0 Å². The van der Waals surface area contributed by atoms with Gasteiger partial charge in [-0.05, 0) is 25.3 Å². The first-order chi connectivity index (χ1) is 7.55. The summed E-state index contributed by atoms with van der Waals surface area (Å²) in [7, 11) is 0. The number of carbonyl (C=O) groups is 1. The van der Waals surface area contributed by atoms with Crippen LogP contribution in [0.1, 0.15) is 24.8 Å². The number of carbonyl (C=O) groups excluding carboxylic acids is 1. The quantitative estimate of drug-likeness (QED) is 0.749. The highest BCUT2D eigenvalue weighted by molar-refractivity contribution is 5.93. The van der Waals surface area contributed by atoms with E-state index in [-0.39, 0.29) is 5.56 Å². The number of nitrogens with two attached hydrogens (primary N) is 1. The third-order valence-electron chi connectivity index (χ3n) is 3.15. The number of hydrogen-bond acceptors (Lipinski definition) is 3. The summed E-state index contributed by atoms with van der Waals surface area (Å²) in [6, 6.07) is 5.97. The molecule has 0 radical (unpaired) electrons. The summed E-state index contributed by atoms with van der Waals surface area (Å²) >= 11 is 0. The molecule has 1 aromatic carbocycles. The number of halogens is 1. The zero-order chi connectivity index (χ0) is 11.8. The molecule has 1 aromatic rings. The fourth-order valence-corrected chi connectivity index (χ4v) is 2.22. The largest absolute Gasteiger partial charge is 0.385 e. The Kier molecular flexibility index (Phi) is 2.78.